The molecule has 5 nitrogen and oxygen atoms in total. The second kappa shape index (κ2) is 18.5. The number of hydrogen-bond donors (Lipinski definition) is 0. The average Bonchev–Trinajstić information content (AvgIpc) is 2.64. The Morgan fingerprint density at radius 2 is 1.29 bits per heavy atom. The molecular formula is C26H51NO4. The van der Waals surface area contributed by atoms with Crippen molar-refractivity contribution in [1.82, 2.24) is 0 Å². The van der Waals surface area contributed by atoms with Crippen molar-refractivity contribution in [2.45, 2.75) is 123 Å². The minimum atomic E-state index is -1.17. The number of nitrogens with zero attached hydrogens (tertiary/aromatic N) is 1. The normalized spacial score (nSPS) is 13.7. The molecule has 0 rings (SSSR count). The summed E-state index contributed by atoms with van der Waals surface area (Å²) >= 11 is 0. The molecule has 0 spiro atoms. The van der Waals surface area contributed by atoms with Crippen molar-refractivity contribution in [3.05, 3.63) is 0 Å². The van der Waals surface area contributed by atoms with Gasteiger partial charge in [0.2, 0.25) is 0 Å². The van der Waals surface area contributed by atoms with Gasteiger partial charge >= 0.3 is 5.97 Å². The second-order valence-electron chi connectivity index (χ2n) is 10.5. The van der Waals surface area contributed by atoms with Crippen molar-refractivity contribution in [2.24, 2.45) is 5.92 Å². The molecule has 0 fully saturated rings. The topological polar surface area (TPSA) is 66.4 Å². The van der Waals surface area contributed by atoms with Crippen LogP contribution in [0.1, 0.15) is 117 Å². The number of hydrogen-bond acceptors (Lipinski definition) is 4. The van der Waals surface area contributed by atoms with Gasteiger partial charge in [-0.2, -0.15) is 0 Å². The summed E-state index contributed by atoms with van der Waals surface area (Å²) in [6.45, 7) is 5.14. The molecule has 0 aromatic heterocycles. The number of carboxylic acids is 1. The molecule has 0 aromatic carbocycles. The Morgan fingerprint density at radius 1 is 0.806 bits per heavy atom. The summed E-state index contributed by atoms with van der Waals surface area (Å²) in [5.74, 6) is -0.582. The van der Waals surface area contributed by atoms with Gasteiger partial charge in [0.1, 0.15) is 6.54 Å². The van der Waals surface area contributed by atoms with Crippen molar-refractivity contribution in [1.29, 1.82) is 0 Å². The molecule has 184 valence electrons. The van der Waals surface area contributed by atoms with Crippen LogP contribution < -0.4 is 5.11 Å². The Kier molecular flexibility index (Phi) is 17.8. The van der Waals surface area contributed by atoms with E-state index in [-0.39, 0.29) is 12.4 Å². The fourth-order valence-corrected chi connectivity index (χ4v) is 4.07. The lowest BCUT2D eigenvalue weighted by Crippen LogP contribution is -2.45. The average molecular weight is 442 g/mol. The number of quaternary nitrogens is 1. The van der Waals surface area contributed by atoms with Gasteiger partial charge in [0.05, 0.1) is 21.1 Å². The Balaban J connectivity index is 3.64. The van der Waals surface area contributed by atoms with Gasteiger partial charge in [-0.3, -0.25) is 4.79 Å². The fraction of sp³-hybridized carbons (Fsp3) is 0.923. The fourth-order valence-electron chi connectivity index (χ4n) is 4.07. The van der Waals surface area contributed by atoms with Gasteiger partial charge in [0.25, 0.3) is 0 Å². The molecule has 0 bridgehead atoms. The Morgan fingerprint density at radius 3 is 1.77 bits per heavy atom. The van der Waals surface area contributed by atoms with Crippen LogP contribution in [0.5, 0.6) is 0 Å². The molecule has 0 saturated heterocycles. The van der Waals surface area contributed by atoms with Crippen LogP contribution in [0.2, 0.25) is 0 Å². The van der Waals surface area contributed by atoms with Gasteiger partial charge in [-0.05, 0) is 12.3 Å². The van der Waals surface area contributed by atoms with Crippen LogP contribution in [0.3, 0.4) is 0 Å². The summed E-state index contributed by atoms with van der Waals surface area (Å²) in [4.78, 5) is 22.9. The van der Waals surface area contributed by atoms with E-state index in [1.807, 2.05) is 21.1 Å². The molecule has 0 heterocycles. The van der Waals surface area contributed by atoms with Gasteiger partial charge in [0.15, 0.2) is 6.10 Å². The zero-order valence-electron chi connectivity index (χ0n) is 21.3. The molecule has 0 N–H and O–H groups in total. The third-order valence-electron chi connectivity index (χ3n) is 5.82. The minimum absolute atomic E-state index is 0.237. The lowest BCUT2D eigenvalue weighted by Gasteiger charge is -2.29. The van der Waals surface area contributed by atoms with E-state index in [0.717, 1.165) is 25.2 Å². The van der Waals surface area contributed by atoms with E-state index in [1.165, 1.54) is 70.6 Å². The summed E-state index contributed by atoms with van der Waals surface area (Å²) in [5, 5.41) is 10.9. The third kappa shape index (κ3) is 21.9. The van der Waals surface area contributed by atoms with Gasteiger partial charge in [0, 0.05) is 18.8 Å². The summed E-state index contributed by atoms with van der Waals surface area (Å²) in [6.07, 6.45) is 17.3. The van der Waals surface area contributed by atoms with Crippen molar-refractivity contribution < 1.29 is 23.9 Å². The number of likely N-dealkylation sites (N-methyl/N-ethyl adjacent to an activating group) is 1. The van der Waals surface area contributed by atoms with Crippen LogP contribution in [-0.4, -0.2) is 50.2 Å². The smallest absolute Gasteiger partial charge is 0.306 e. The van der Waals surface area contributed by atoms with Crippen molar-refractivity contribution >= 4 is 11.9 Å². The van der Waals surface area contributed by atoms with Crippen LogP contribution in [-0.2, 0) is 14.3 Å². The number of unbranched alkanes of at least 4 members (excludes halogenated alkanes) is 10. The first-order chi connectivity index (χ1) is 14.6. The van der Waals surface area contributed by atoms with Gasteiger partial charge in [-0.15, -0.1) is 0 Å². The Hall–Kier alpha value is -1.10. The van der Waals surface area contributed by atoms with E-state index in [9.17, 15) is 14.7 Å². The van der Waals surface area contributed by atoms with Crippen molar-refractivity contribution in [2.75, 3.05) is 27.7 Å². The number of esters is 1. The van der Waals surface area contributed by atoms with E-state index < -0.39 is 12.1 Å². The van der Waals surface area contributed by atoms with Gasteiger partial charge < -0.3 is 19.1 Å². The maximum Gasteiger partial charge on any atom is 0.306 e. The number of carbonyl (C=O) groups is 2. The van der Waals surface area contributed by atoms with Crippen LogP contribution >= 0.6 is 0 Å². The number of carboxylic acid groups (broad SMARTS) is 1. The molecule has 2 unspecified atom stereocenters. The number of aliphatic carboxylic acids is 1. The van der Waals surface area contributed by atoms with Crippen molar-refractivity contribution in [3.63, 3.8) is 0 Å². The first kappa shape index (κ1) is 29.9. The lowest BCUT2D eigenvalue weighted by atomic mass is 9.96. The number of rotatable bonds is 21. The predicted molar refractivity (Wildman–Crippen MR) is 126 cm³/mol. The first-order valence-corrected chi connectivity index (χ1v) is 12.8. The van der Waals surface area contributed by atoms with Gasteiger partial charge in [-0.1, -0.05) is 97.3 Å². The highest BCUT2D eigenvalue weighted by molar-refractivity contribution is 5.70. The van der Waals surface area contributed by atoms with E-state index >= 15 is 0 Å². The van der Waals surface area contributed by atoms with Crippen LogP contribution in [0.4, 0.5) is 0 Å². The van der Waals surface area contributed by atoms with Crippen LogP contribution in [0, 0.1) is 5.92 Å². The second-order valence-corrected chi connectivity index (χ2v) is 10.5. The molecule has 0 amide bonds. The highest BCUT2D eigenvalue weighted by Crippen LogP contribution is 2.18. The zero-order valence-corrected chi connectivity index (χ0v) is 21.3. The lowest BCUT2D eigenvalue weighted by molar-refractivity contribution is -0.873. The molecule has 2 atom stereocenters. The highest BCUT2D eigenvalue weighted by Gasteiger charge is 2.22. The largest absolute Gasteiger partial charge is 0.550 e. The first-order valence-electron chi connectivity index (χ1n) is 12.8. The van der Waals surface area contributed by atoms with E-state index in [2.05, 4.69) is 13.8 Å². The Bertz CT molecular complexity index is 459. The maximum atomic E-state index is 12.0. The van der Waals surface area contributed by atoms with Crippen LogP contribution in [0.25, 0.3) is 0 Å². The molecule has 0 radical (unpaired) electrons. The molecule has 0 aliphatic rings. The SMILES string of the molecule is CCCCCCC(C)CCCCCCCCCCC(=O)OC(CC(=O)[O-])C[N+](C)(C)C. The summed E-state index contributed by atoms with van der Waals surface area (Å²) in [7, 11) is 5.85. The summed E-state index contributed by atoms with van der Waals surface area (Å²) < 4.78 is 5.93. The van der Waals surface area contributed by atoms with Crippen molar-refractivity contribution in [3.8, 4) is 0 Å². The van der Waals surface area contributed by atoms with Crippen LogP contribution in [0.15, 0.2) is 0 Å². The maximum absolute atomic E-state index is 12.0. The molecule has 0 aliphatic carbocycles. The standard InChI is InChI=1S/C26H51NO4/c1-6-7-8-15-18-23(2)19-16-13-11-9-10-12-14-17-20-26(30)31-24(21-25(28)29)22-27(3,4)5/h23-24H,6-22H2,1-5H3. The monoisotopic (exact) mass is 441 g/mol. The molecule has 31 heavy (non-hydrogen) atoms. The molecule has 0 aromatic rings. The predicted octanol–water partition coefficient (Wildman–Crippen LogP) is 5.25. The van der Waals surface area contributed by atoms with E-state index in [1.54, 1.807) is 0 Å². The number of carbonyl (C=O) groups excluding carboxylic acids is 2. The minimum Gasteiger partial charge on any atom is -0.550 e. The quantitative estimate of drug-likeness (QED) is 0.139. The molecule has 5 heteroatoms. The third-order valence-corrected chi connectivity index (χ3v) is 5.82. The van der Waals surface area contributed by atoms with Gasteiger partial charge in [-0.25, -0.2) is 0 Å². The molecule has 0 saturated carbocycles. The van der Waals surface area contributed by atoms with E-state index in [0.29, 0.717) is 17.4 Å². The molecule has 0 aliphatic heterocycles. The van der Waals surface area contributed by atoms with E-state index in [4.69, 9.17) is 4.74 Å². The molecular weight excluding hydrogens is 390 g/mol. The highest BCUT2D eigenvalue weighted by atomic mass is 16.5. The Labute approximate surface area is 192 Å². The summed E-state index contributed by atoms with van der Waals surface area (Å²) in [6, 6.07) is 0. The zero-order chi connectivity index (χ0) is 23.5. The number of ether oxygens (including phenoxy) is 1. The summed E-state index contributed by atoms with van der Waals surface area (Å²) in [5.41, 5.74) is 0.